The maximum absolute atomic E-state index is 13.5. The second-order valence-corrected chi connectivity index (χ2v) is 13.1. The van der Waals surface area contributed by atoms with Gasteiger partial charge in [0.1, 0.15) is 12.6 Å². The maximum Gasteiger partial charge on any atom is 0.435 e. The third kappa shape index (κ3) is 7.77. The van der Waals surface area contributed by atoms with E-state index in [0.717, 1.165) is 38.4 Å². The molecule has 51 heavy (non-hydrogen) atoms. The molecule has 3 amide bonds. The Morgan fingerprint density at radius 2 is 1.61 bits per heavy atom. The Hall–Kier alpha value is -5.98. The van der Waals surface area contributed by atoms with Crippen LogP contribution in [-0.4, -0.2) is 76.9 Å². The third-order valence-electron chi connectivity index (χ3n) is 7.78. The van der Waals surface area contributed by atoms with Crippen molar-refractivity contribution >= 4 is 27.9 Å². The number of carbonyl (C=O) groups excluding carboxylic acids is 3. The zero-order valence-corrected chi connectivity index (χ0v) is 28.2. The van der Waals surface area contributed by atoms with E-state index >= 15 is 0 Å². The lowest BCUT2D eigenvalue weighted by Crippen LogP contribution is -2.41. The Balaban J connectivity index is 1.18. The molecule has 0 saturated carbocycles. The number of nitrogens with zero attached hydrogens (tertiary/aromatic N) is 6. The minimum absolute atomic E-state index is 0.0135. The highest BCUT2D eigenvalue weighted by atomic mass is 32.2. The van der Waals surface area contributed by atoms with Crippen molar-refractivity contribution in [2.45, 2.75) is 44.1 Å². The molecule has 0 saturated heterocycles. The molecule has 1 N–H and O–H groups in total. The highest BCUT2D eigenvalue weighted by molar-refractivity contribution is 7.90. The van der Waals surface area contributed by atoms with Gasteiger partial charge in [0.25, 0.3) is 21.8 Å². The van der Waals surface area contributed by atoms with Gasteiger partial charge in [-0.05, 0) is 63.2 Å². The number of hydrogen-bond acceptors (Lipinski definition) is 10. The van der Waals surface area contributed by atoms with Gasteiger partial charge < -0.3 is 14.8 Å². The van der Waals surface area contributed by atoms with Crippen LogP contribution in [0.15, 0.2) is 89.0 Å². The molecule has 3 aromatic carbocycles. The van der Waals surface area contributed by atoms with Crippen LogP contribution in [0.4, 0.5) is 18.0 Å². The van der Waals surface area contributed by atoms with Crippen LogP contribution in [0.2, 0.25) is 0 Å². The Bertz CT molecular complexity index is 2070. The van der Waals surface area contributed by atoms with Crippen LogP contribution in [0.3, 0.4) is 0 Å². The minimum Gasteiger partial charge on any atom is -0.569 e. The normalized spacial score (nSPS) is 14.6. The van der Waals surface area contributed by atoms with Gasteiger partial charge in [0.15, 0.2) is 5.69 Å². The van der Waals surface area contributed by atoms with E-state index in [-0.39, 0.29) is 27.5 Å². The summed E-state index contributed by atoms with van der Waals surface area (Å²) in [4.78, 5) is 43.1. The number of rotatable bonds is 11. The van der Waals surface area contributed by atoms with Gasteiger partial charge in [-0.1, -0.05) is 42.0 Å². The van der Waals surface area contributed by atoms with Crippen molar-refractivity contribution in [3.8, 4) is 16.9 Å². The number of hydrazine groups is 1. The largest absolute Gasteiger partial charge is 0.569 e. The van der Waals surface area contributed by atoms with Crippen molar-refractivity contribution in [2.24, 2.45) is 5.28 Å². The second kappa shape index (κ2) is 14.1. The summed E-state index contributed by atoms with van der Waals surface area (Å²) in [6.07, 6.45) is -7.36. The Morgan fingerprint density at radius 3 is 2.18 bits per heavy atom. The summed E-state index contributed by atoms with van der Waals surface area (Å²) in [6, 6.07) is 17.5. The van der Waals surface area contributed by atoms with E-state index in [2.05, 4.69) is 10.4 Å². The van der Waals surface area contributed by atoms with Gasteiger partial charge in [-0.3, -0.25) is 9.59 Å². The van der Waals surface area contributed by atoms with E-state index in [4.69, 9.17) is 9.57 Å². The number of nitrogens with one attached hydrogen (secondary N) is 1. The highest BCUT2D eigenvalue weighted by Gasteiger charge is 2.40. The first-order valence-electron chi connectivity index (χ1n) is 15.1. The average molecular weight is 730 g/mol. The summed E-state index contributed by atoms with van der Waals surface area (Å²) < 4.78 is 74.1. The fraction of sp³-hybridized carbons (Fsp3) is 0.250. The van der Waals surface area contributed by atoms with Crippen LogP contribution in [0.25, 0.3) is 16.9 Å². The predicted molar refractivity (Wildman–Crippen MR) is 171 cm³/mol. The molecular weight excluding hydrogens is 699 g/mol. The molecule has 5 rings (SSSR count). The molecule has 1 unspecified atom stereocenters. The van der Waals surface area contributed by atoms with E-state index in [1.54, 1.807) is 41.1 Å². The van der Waals surface area contributed by atoms with Crippen molar-refractivity contribution in [1.82, 2.24) is 24.4 Å². The van der Waals surface area contributed by atoms with Gasteiger partial charge >= 0.3 is 12.3 Å². The molecule has 2 atom stereocenters. The first kappa shape index (κ1) is 36.3. The Morgan fingerprint density at radius 1 is 1.02 bits per heavy atom. The van der Waals surface area contributed by atoms with E-state index in [1.165, 1.54) is 45.2 Å². The zero-order chi connectivity index (χ0) is 37.2. The maximum atomic E-state index is 13.5. The minimum atomic E-state index is -4.73. The number of carbonyl (C=O) groups is 3. The standard InChI is InChI=1S/C32H30F3N7O8S/c1-19-9-11-22(12-10-19)27-17-28(32(33,34)35)36-41(27)23-13-15-24(16-14-23)51(47,48)37-31(45)49-18-20(2)39(4)42(46)38-50-21(3)40-29(43)25-7-5-6-8-26(25)30(40)44/h5-17,20-21H,18H2,1-4H3,(H,37,45)/b42-38-/t20-,21?/m0/s1. The number of sulfonamides is 1. The number of alkyl halides is 3. The quantitative estimate of drug-likeness (QED) is 0.0951. The molecule has 15 nitrogen and oxygen atoms in total. The number of imide groups is 1. The molecule has 0 spiro atoms. The first-order valence-corrected chi connectivity index (χ1v) is 16.5. The third-order valence-corrected chi connectivity index (χ3v) is 9.11. The molecule has 0 fully saturated rings. The molecule has 2 heterocycles. The number of amides is 3. The summed E-state index contributed by atoms with van der Waals surface area (Å²) in [5.74, 6) is -1.24. The SMILES string of the molecule is Cc1ccc(-c2cc(C(F)(F)F)nn2-c2ccc(S(=O)(=O)NC(=O)OC[C@H](C)N(C)/[N+]([O-])=N/OC(C)N3C(=O)c4ccccc4C3=O)cc2)cc1. The zero-order valence-electron chi connectivity index (χ0n) is 27.4. The Kier molecular flexibility index (Phi) is 10.0. The number of fused-ring (bicyclic) bond motifs is 1. The number of benzene rings is 3. The molecule has 1 aliphatic rings. The summed E-state index contributed by atoms with van der Waals surface area (Å²) in [7, 11) is -3.24. The molecule has 0 bridgehead atoms. The van der Waals surface area contributed by atoms with Crippen molar-refractivity contribution in [1.29, 1.82) is 0 Å². The number of likely N-dealkylation sites (N-methyl/N-ethyl adjacent to an activating group) is 1. The van der Waals surface area contributed by atoms with Gasteiger partial charge in [0.05, 0.1) is 39.4 Å². The fourth-order valence-electron chi connectivity index (χ4n) is 4.84. The van der Waals surface area contributed by atoms with E-state index in [0.29, 0.717) is 5.56 Å². The smallest absolute Gasteiger partial charge is 0.435 e. The van der Waals surface area contributed by atoms with Crippen LogP contribution in [-0.2, 0) is 25.8 Å². The van der Waals surface area contributed by atoms with E-state index in [1.807, 2.05) is 6.92 Å². The monoisotopic (exact) mass is 729 g/mol. The lowest BCUT2D eigenvalue weighted by atomic mass is 10.1. The summed E-state index contributed by atoms with van der Waals surface area (Å²) >= 11 is 0. The van der Waals surface area contributed by atoms with Crippen molar-refractivity contribution in [3.05, 3.63) is 106 Å². The molecule has 1 aliphatic heterocycles. The van der Waals surface area contributed by atoms with Gasteiger partial charge in [-0.2, -0.15) is 18.3 Å². The van der Waals surface area contributed by atoms with Gasteiger partial charge in [-0.25, -0.2) is 27.5 Å². The summed E-state index contributed by atoms with van der Waals surface area (Å²) in [5.41, 5.74) is 0.799. The Labute approximate surface area is 289 Å². The molecule has 0 aliphatic carbocycles. The fourth-order valence-corrected chi connectivity index (χ4v) is 5.73. The van der Waals surface area contributed by atoms with Crippen molar-refractivity contribution in [2.75, 3.05) is 13.7 Å². The molecule has 1 aromatic heterocycles. The van der Waals surface area contributed by atoms with Gasteiger partial charge in [0.2, 0.25) is 11.5 Å². The lowest BCUT2D eigenvalue weighted by Gasteiger charge is -2.22. The van der Waals surface area contributed by atoms with Gasteiger partial charge in [-0.15, -0.1) is 5.01 Å². The first-order chi connectivity index (χ1) is 24.0. The molecule has 268 valence electrons. The van der Waals surface area contributed by atoms with E-state index in [9.17, 15) is 41.2 Å². The average Bonchev–Trinajstić information content (AvgIpc) is 3.65. The second-order valence-electron chi connectivity index (χ2n) is 11.4. The van der Waals surface area contributed by atoms with Crippen LogP contribution in [0, 0.1) is 12.1 Å². The topological polar surface area (TPSA) is 179 Å². The predicted octanol–water partition coefficient (Wildman–Crippen LogP) is 5.05. The van der Waals surface area contributed by atoms with E-state index < -0.39 is 63.6 Å². The van der Waals surface area contributed by atoms with Crippen LogP contribution in [0.5, 0.6) is 0 Å². The number of halogens is 3. The van der Waals surface area contributed by atoms with Gasteiger partial charge in [0, 0.05) is 5.56 Å². The lowest BCUT2D eigenvalue weighted by molar-refractivity contribution is -0.713. The van der Waals surface area contributed by atoms with Crippen molar-refractivity contribution in [3.63, 3.8) is 0 Å². The molecule has 0 radical (unpaired) electrons. The number of aryl methyl sites for hydroxylation is 1. The molecule has 19 heteroatoms. The number of hydrogen-bond donors (Lipinski definition) is 1. The summed E-state index contributed by atoms with van der Waals surface area (Å²) in [6.45, 7) is 4.11. The number of ether oxygens (including phenoxy) is 1. The number of aromatic nitrogens is 2. The molecular formula is C32H30F3N7O8S. The van der Waals surface area contributed by atoms with Crippen LogP contribution in [0.1, 0.15) is 45.8 Å². The highest BCUT2D eigenvalue weighted by Crippen LogP contribution is 2.33. The van der Waals surface area contributed by atoms with Crippen LogP contribution < -0.4 is 4.72 Å². The van der Waals surface area contributed by atoms with Crippen molar-refractivity contribution < 1.29 is 50.5 Å². The summed E-state index contributed by atoms with van der Waals surface area (Å²) in [5, 5.41) is 20.5. The molecule has 4 aromatic rings. The van der Waals surface area contributed by atoms with Crippen LogP contribution >= 0.6 is 0 Å².